The van der Waals surface area contributed by atoms with Crippen LogP contribution in [0.4, 0.5) is 0 Å². The van der Waals surface area contributed by atoms with Crippen LogP contribution in [-0.2, 0) is 4.79 Å². The molecule has 0 aliphatic heterocycles. The first-order valence-corrected chi connectivity index (χ1v) is 4.26. The largest absolute Gasteiger partial charge is 0.395 e. The molecule has 0 saturated carbocycles. The molecule has 0 aromatic heterocycles. The predicted octanol–water partition coefficient (Wildman–Crippen LogP) is -0.563. The number of likely N-dealkylation sites (N-methyl/N-ethyl adjacent to an activating group) is 1. The molecule has 4 nitrogen and oxygen atoms in total. The van der Waals surface area contributed by atoms with Crippen molar-refractivity contribution < 1.29 is 9.90 Å². The number of carbonyl (C=O) groups excluding carboxylic acids is 1. The molecule has 0 spiro atoms. The Morgan fingerprint density at radius 3 is 2.67 bits per heavy atom. The monoisotopic (exact) mass is 174 g/mol. The van der Waals surface area contributed by atoms with Crippen molar-refractivity contribution in [1.82, 2.24) is 10.2 Å². The summed E-state index contributed by atoms with van der Waals surface area (Å²) in [4.78, 5) is 12.9. The molecule has 1 amide bonds. The van der Waals surface area contributed by atoms with E-state index in [1.54, 1.807) is 0 Å². The minimum atomic E-state index is 0.0716. The third kappa shape index (κ3) is 6.12. The number of nitrogens with zero attached hydrogens (tertiary/aromatic N) is 1. The van der Waals surface area contributed by atoms with Crippen LogP contribution in [0.25, 0.3) is 0 Å². The lowest BCUT2D eigenvalue weighted by atomic mass is 10.3. The van der Waals surface area contributed by atoms with Gasteiger partial charge in [0.2, 0.25) is 5.91 Å². The maximum absolute atomic E-state index is 11.0. The Morgan fingerprint density at radius 2 is 2.17 bits per heavy atom. The second-order valence-electron chi connectivity index (χ2n) is 2.73. The van der Waals surface area contributed by atoms with E-state index in [0.29, 0.717) is 26.1 Å². The number of aliphatic hydroxyl groups excluding tert-OH is 1. The van der Waals surface area contributed by atoms with E-state index in [4.69, 9.17) is 5.11 Å². The van der Waals surface area contributed by atoms with E-state index < -0.39 is 0 Å². The van der Waals surface area contributed by atoms with Crippen LogP contribution in [0.2, 0.25) is 0 Å². The smallest absolute Gasteiger partial charge is 0.221 e. The molecule has 0 atom stereocenters. The summed E-state index contributed by atoms with van der Waals surface area (Å²) in [6.07, 6.45) is 0.504. The third-order valence-corrected chi connectivity index (χ3v) is 1.58. The van der Waals surface area contributed by atoms with Crippen LogP contribution in [0.5, 0.6) is 0 Å². The summed E-state index contributed by atoms with van der Waals surface area (Å²) in [5.74, 6) is 0.0716. The van der Waals surface area contributed by atoms with Crippen molar-refractivity contribution in [2.75, 3.05) is 33.3 Å². The van der Waals surface area contributed by atoms with Gasteiger partial charge in [-0.3, -0.25) is 4.79 Å². The summed E-state index contributed by atoms with van der Waals surface area (Å²) in [5, 5.41) is 11.3. The summed E-state index contributed by atoms with van der Waals surface area (Å²) < 4.78 is 0. The molecular formula is C8H18N2O2. The van der Waals surface area contributed by atoms with Crippen molar-refractivity contribution in [2.24, 2.45) is 0 Å². The predicted molar refractivity (Wildman–Crippen MR) is 47.9 cm³/mol. The van der Waals surface area contributed by atoms with Crippen LogP contribution in [0.15, 0.2) is 0 Å². The molecule has 72 valence electrons. The molecule has 0 saturated heterocycles. The molecule has 0 fully saturated rings. The SMILES string of the molecule is CCNC(=O)CCN(C)CCO. The molecule has 2 N–H and O–H groups in total. The van der Waals surface area contributed by atoms with E-state index >= 15 is 0 Å². The quantitative estimate of drug-likeness (QED) is 0.567. The van der Waals surface area contributed by atoms with Crippen LogP contribution in [-0.4, -0.2) is 49.2 Å². The van der Waals surface area contributed by atoms with Gasteiger partial charge in [0.1, 0.15) is 0 Å². The fourth-order valence-electron chi connectivity index (χ4n) is 0.860. The van der Waals surface area contributed by atoms with Gasteiger partial charge in [-0.2, -0.15) is 0 Å². The van der Waals surface area contributed by atoms with Gasteiger partial charge < -0.3 is 15.3 Å². The van der Waals surface area contributed by atoms with Gasteiger partial charge in [0.15, 0.2) is 0 Å². The highest BCUT2D eigenvalue weighted by Gasteiger charge is 2.01. The first-order chi connectivity index (χ1) is 5.70. The van der Waals surface area contributed by atoms with Crippen LogP contribution in [0.3, 0.4) is 0 Å². The number of hydrogen-bond donors (Lipinski definition) is 2. The Labute approximate surface area is 73.6 Å². The Bertz CT molecular complexity index is 128. The lowest BCUT2D eigenvalue weighted by Gasteiger charge is -2.13. The highest BCUT2D eigenvalue weighted by Crippen LogP contribution is 1.86. The molecule has 0 bridgehead atoms. The van der Waals surface area contributed by atoms with E-state index in [1.807, 2.05) is 18.9 Å². The van der Waals surface area contributed by atoms with E-state index in [9.17, 15) is 4.79 Å². The van der Waals surface area contributed by atoms with Crippen LogP contribution < -0.4 is 5.32 Å². The molecule has 4 heteroatoms. The maximum Gasteiger partial charge on any atom is 0.221 e. The number of amides is 1. The minimum Gasteiger partial charge on any atom is -0.395 e. The molecule has 0 aromatic carbocycles. The van der Waals surface area contributed by atoms with Crippen molar-refractivity contribution >= 4 is 5.91 Å². The number of carbonyl (C=O) groups is 1. The van der Waals surface area contributed by atoms with Crippen LogP contribution >= 0.6 is 0 Å². The number of nitrogens with one attached hydrogen (secondary N) is 1. The molecular weight excluding hydrogens is 156 g/mol. The van der Waals surface area contributed by atoms with E-state index in [0.717, 1.165) is 0 Å². The molecule has 12 heavy (non-hydrogen) atoms. The van der Waals surface area contributed by atoms with E-state index in [-0.39, 0.29) is 12.5 Å². The van der Waals surface area contributed by atoms with Gasteiger partial charge >= 0.3 is 0 Å². The topological polar surface area (TPSA) is 52.6 Å². The lowest BCUT2D eigenvalue weighted by molar-refractivity contribution is -0.121. The standard InChI is InChI=1S/C8H18N2O2/c1-3-9-8(12)4-5-10(2)6-7-11/h11H,3-7H2,1-2H3,(H,9,12). The van der Waals surface area contributed by atoms with Crippen molar-refractivity contribution in [3.63, 3.8) is 0 Å². The summed E-state index contributed by atoms with van der Waals surface area (Å²) in [6.45, 7) is 4.05. The molecule has 0 aromatic rings. The van der Waals surface area contributed by atoms with Gasteiger partial charge in [-0.05, 0) is 14.0 Å². The fraction of sp³-hybridized carbons (Fsp3) is 0.875. The zero-order valence-corrected chi connectivity index (χ0v) is 7.84. The fourth-order valence-corrected chi connectivity index (χ4v) is 0.860. The number of aliphatic hydroxyl groups is 1. The second kappa shape index (κ2) is 7.06. The van der Waals surface area contributed by atoms with Crippen molar-refractivity contribution in [2.45, 2.75) is 13.3 Å². The summed E-state index contributed by atoms with van der Waals surface area (Å²) in [5.41, 5.74) is 0. The Balaban J connectivity index is 3.33. The molecule has 0 aliphatic rings. The van der Waals surface area contributed by atoms with Gasteiger partial charge in [0, 0.05) is 26.1 Å². The van der Waals surface area contributed by atoms with Gasteiger partial charge in [-0.15, -0.1) is 0 Å². The van der Waals surface area contributed by atoms with Crippen molar-refractivity contribution in [3.05, 3.63) is 0 Å². The zero-order chi connectivity index (χ0) is 9.40. The highest BCUT2D eigenvalue weighted by molar-refractivity contribution is 5.75. The Hall–Kier alpha value is -0.610. The number of rotatable bonds is 6. The summed E-state index contributed by atoms with van der Waals surface area (Å²) in [6, 6.07) is 0. The number of hydrogen-bond acceptors (Lipinski definition) is 3. The highest BCUT2D eigenvalue weighted by atomic mass is 16.3. The molecule has 0 rings (SSSR count). The molecule has 0 aliphatic carbocycles. The van der Waals surface area contributed by atoms with Crippen LogP contribution in [0, 0.1) is 0 Å². The normalized spacial score (nSPS) is 10.3. The average Bonchev–Trinajstić information content (AvgIpc) is 2.02. The second-order valence-corrected chi connectivity index (χ2v) is 2.73. The van der Waals surface area contributed by atoms with Crippen molar-refractivity contribution in [3.8, 4) is 0 Å². The van der Waals surface area contributed by atoms with E-state index in [2.05, 4.69) is 5.32 Å². The Morgan fingerprint density at radius 1 is 1.50 bits per heavy atom. The molecule has 0 radical (unpaired) electrons. The van der Waals surface area contributed by atoms with Crippen molar-refractivity contribution in [1.29, 1.82) is 0 Å². The van der Waals surface area contributed by atoms with Crippen LogP contribution in [0.1, 0.15) is 13.3 Å². The maximum atomic E-state index is 11.0. The lowest BCUT2D eigenvalue weighted by Crippen LogP contribution is -2.29. The summed E-state index contributed by atoms with van der Waals surface area (Å²) >= 11 is 0. The first-order valence-electron chi connectivity index (χ1n) is 4.26. The van der Waals surface area contributed by atoms with Gasteiger partial charge in [-0.25, -0.2) is 0 Å². The third-order valence-electron chi connectivity index (χ3n) is 1.58. The van der Waals surface area contributed by atoms with Gasteiger partial charge in [-0.1, -0.05) is 0 Å². The zero-order valence-electron chi connectivity index (χ0n) is 7.84. The minimum absolute atomic E-state index is 0.0716. The van der Waals surface area contributed by atoms with Gasteiger partial charge in [0.05, 0.1) is 6.61 Å². The average molecular weight is 174 g/mol. The summed E-state index contributed by atoms with van der Waals surface area (Å²) in [7, 11) is 1.88. The Kier molecular flexibility index (Phi) is 6.70. The first kappa shape index (κ1) is 11.4. The molecule has 0 unspecified atom stereocenters. The van der Waals surface area contributed by atoms with E-state index in [1.165, 1.54) is 0 Å². The molecule has 0 heterocycles. The van der Waals surface area contributed by atoms with Gasteiger partial charge in [0.25, 0.3) is 0 Å².